The van der Waals surface area contributed by atoms with Crippen LogP contribution in [0, 0.1) is 6.92 Å². The molecule has 1 aromatic carbocycles. The molecule has 6 heteroatoms. The minimum atomic E-state index is -3.12. The number of hydrogen-bond acceptors (Lipinski definition) is 4. The fourth-order valence-electron chi connectivity index (χ4n) is 1.87. The lowest BCUT2D eigenvalue weighted by Gasteiger charge is -2.14. The Morgan fingerprint density at radius 2 is 1.94 bits per heavy atom. The molecule has 0 aliphatic heterocycles. The van der Waals surface area contributed by atoms with Crippen molar-refractivity contribution in [3.63, 3.8) is 0 Å². The van der Waals surface area contributed by atoms with Crippen molar-refractivity contribution >= 4 is 21.4 Å². The second-order valence-corrected chi connectivity index (χ2v) is 6.09. The summed E-state index contributed by atoms with van der Waals surface area (Å²) in [4.78, 5) is 0. The molecule has 0 spiro atoms. The number of nitrogens with two attached hydrogens (primary N) is 1. The molecule has 1 rings (SSSR count). The van der Waals surface area contributed by atoms with Gasteiger partial charge in [-0.3, -0.25) is 0 Å². The van der Waals surface area contributed by atoms with Crippen LogP contribution < -0.4 is 15.8 Å². The van der Waals surface area contributed by atoms with Crippen LogP contribution in [0.4, 0.5) is 11.4 Å². The summed E-state index contributed by atoms with van der Waals surface area (Å²) < 4.78 is 24.2. The third kappa shape index (κ3) is 4.19. The molecule has 0 aromatic heterocycles. The monoisotopic (exact) mass is 271 g/mol. The minimum Gasteiger partial charge on any atom is -0.398 e. The molecule has 1 aromatic rings. The molecule has 0 saturated carbocycles. The number of rotatable bonds is 6. The van der Waals surface area contributed by atoms with Crippen molar-refractivity contribution in [1.82, 2.24) is 4.72 Å². The Bertz CT molecular complexity index is 512. The zero-order valence-corrected chi connectivity index (χ0v) is 11.9. The maximum Gasteiger partial charge on any atom is 0.208 e. The van der Waals surface area contributed by atoms with Gasteiger partial charge in [0.05, 0.1) is 6.26 Å². The van der Waals surface area contributed by atoms with Gasteiger partial charge in [-0.05, 0) is 36.6 Å². The lowest BCUT2D eigenvalue weighted by atomic mass is 10.0. The molecule has 0 fully saturated rings. The van der Waals surface area contributed by atoms with Crippen molar-refractivity contribution in [2.45, 2.75) is 20.3 Å². The zero-order valence-electron chi connectivity index (χ0n) is 11.1. The molecule has 0 radical (unpaired) electrons. The van der Waals surface area contributed by atoms with Crippen molar-refractivity contribution < 1.29 is 8.42 Å². The van der Waals surface area contributed by atoms with Gasteiger partial charge in [-0.25, -0.2) is 13.1 Å². The number of nitrogens with one attached hydrogen (secondary N) is 2. The van der Waals surface area contributed by atoms with Crippen LogP contribution >= 0.6 is 0 Å². The highest BCUT2D eigenvalue weighted by Gasteiger charge is 2.06. The molecule has 18 heavy (non-hydrogen) atoms. The van der Waals surface area contributed by atoms with Crippen LogP contribution in [0.15, 0.2) is 12.1 Å². The molecule has 0 atom stereocenters. The Labute approximate surface area is 109 Å². The maximum absolute atomic E-state index is 10.9. The predicted molar refractivity (Wildman–Crippen MR) is 76.3 cm³/mol. The number of hydrogen-bond donors (Lipinski definition) is 3. The van der Waals surface area contributed by atoms with Gasteiger partial charge in [0.25, 0.3) is 0 Å². The molecule has 0 aliphatic carbocycles. The molecule has 4 N–H and O–H groups in total. The number of benzene rings is 1. The van der Waals surface area contributed by atoms with Gasteiger partial charge in [0, 0.05) is 24.5 Å². The van der Waals surface area contributed by atoms with Crippen LogP contribution in [0.25, 0.3) is 0 Å². The Morgan fingerprint density at radius 1 is 1.28 bits per heavy atom. The topological polar surface area (TPSA) is 84.2 Å². The summed E-state index contributed by atoms with van der Waals surface area (Å²) in [5.41, 5.74) is 9.95. The van der Waals surface area contributed by atoms with E-state index in [0.717, 1.165) is 35.2 Å². The quantitative estimate of drug-likeness (QED) is 0.534. The summed E-state index contributed by atoms with van der Waals surface area (Å²) in [6, 6.07) is 3.79. The smallest absolute Gasteiger partial charge is 0.208 e. The maximum atomic E-state index is 10.9. The third-order valence-electron chi connectivity index (χ3n) is 2.79. The van der Waals surface area contributed by atoms with Gasteiger partial charge in [0.1, 0.15) is 0 Å². The highest BCUT2D eigenvalue weighted by atomic mass is 32.2. The van der Waals surface area contributed by atoms with Crippen LogP contribution in [0.1, 0.15) is 18.1 Å². The van der Waals surface area contributed by atoms with Crippen LogP contribution in [0.3, 0.4) is 0 Å². The van der Waals surface area contributed by atoms with E-state index in [1.54, 1.807) is 0 Å². The highest BCUT2D eigenvalue weighted by molar-refractivity contribution is 7.88. The van der Waals surface area contributed by atoms with E-state index < -0.39 is 10.0 Å². The first kappa shape index (κ1) is 14.8. The number of sulfonamides is 1. The first-order valence-corrected chi connectivity index (χ1v) is 7.80. The van der Waals surface area contributed by atoms with Gasteiger partial charge in [-0.1, -0.05) is 6.92 Å². The first-order chi connectivity index (χ1) is 8.35. The van der Waals surface area contributed by atoms with Crippen LogP contribution in [-0.2, 0) is 16.4 Å². The van der Waals surface area contributed by atoms with E-state index in [-0.39, 0.29) is 0 Å². The summed E-state index contributed by atoms with van der Waals surface area (Å²) in [6.45, 7) is 4.99. The zero-order chi connectivity index (χ0) is 13.8. The summed E-state index contributed by atoms with van der Waals surface area (Å²) in [7, 11) is -3.12. The fourth-order valence-corrected chi connectivity index (χ4v) is 2.35. The standard InChI is InChI=1S/C12H21N3O2S/c1-4-10-9(2)12(6-5-11(10)13)14-7-8-15-18(3,16)17/h5-6,14-15H,4,7-8,13H2,1-3H3. The van der Waals surface area contributed by atoms with Gasteiger partial charge in [0.15, 0.2) is 0 Å². The third-order valence-corrected chi connectivity index (χ3v) is 3.52. The van der Waals surface area contributed by atoms with Crippen LogP contribution in [0.5, 0.6) is 0 Å². The molecule has 0 amide bonds. The van der Waals surface area contributed by atoms with E-state index in [2.05, 4.69) is 17.0 Å². The predicted octanol–water partition coefficient (Wildman–Crippen LogP) is 1.10. The Morgan fingerprint density at radius 3 is 2.50 bits per heavy atom. The normalized spacial score (nSPS) is 11.5. The van der Waals surface area contributed by atoms with Crippen molar-refractivity contribution in [2.75, 3.05) is 30.4 Å². The molecule has 0 bridgehead atoms. The summed E-state index contributed by atoms with van der Waals surface area (Å²) in [6.07, 6.45) is 2.03. The highest BCUT2D eigenvalue weighted by Crippen LogP contribution is 2.24. The average Bonchev–Trinajstić information content (AvgIpc) is 2.26. The van der Waals surface area contributed by atoms with E-state index >= 15 is 0 Å². The van der Waals surface area contributed by atoms with E-state index in [4.69, 9.17) is 5.73 Å². The fraction of sp³-hybridized carbons (Fsp3) is 0.500. The van der Waals surface area contributed by atoms with Crippen molar-refractivity contribution in [3.8, 4) is 0 Å². The number of nitrogen functional groups attached to an aromatic ring is 1. The average molecular weight is 271 g/mol. The first-order valence-electron chi connectivity index (χ1n) is 5.91. The van der Waals surface area contributed by atoms with Crippen LogP contribution in [0.2, 0.25) is 0 Å². The largest absolute Gasteiger partial charge is 0.398 e. The van der Waals surface area contributed by atoms with Crippen molar-refractivity contribution in [1.29, 1.82) is 0 Å². The van der Waals surface area contributed by atoms with Crippen molar-refractivity contribution in [3.05, 3.63) is 23.3 Å². The minimum absolute atomic E-state index is 0.365. The lowest BCUT2D eigenvalue weighted by molar-refractivity contribution is 0.589. The van der Waals surface area contributed by atoms with E-state index in [1.807, 2.05) is 19.1 Å². The van der Waals surface area contributed by atoms with Gasteiger partial charge in [0.2, 0.25) is 10.0 Å². The van der Waals surface area contributed by atoms with Crippen LogP contribution in [-0.4, -0.2) is 27.8 Å². The summed E-state index contributed by atoms with van der Waals surface area (Å²) >= 11 is 0. The SMILES string of the molecule is CCc1c(N)ccc(NCCNS(C)(=O)=O)c1C. The second kappa shape index (κ2) is 6.06. The second-order valence-electron chi connectivity index (χ2n) is 4.25. The molecule has 5 nitrogen and oxygen atoms in total. The van der Waals surface area contributed by atoms with Gasteiger partial charge >= 0.3 is 0 Å². The Hall–Kier alpha value is -1.27. The molecule has 102 valence electrons. The molecule has 0 unspecified atom stereocenters. The molecular weight excluding hydrogens is 250 g/mol. The van der Waals surface area contributed by atoms with Gasteiger partial charge < -0.3 is 11.1 Å². The number of anilines is 2. The van der Waals surface area contributed by atoms with Gasteiger partial charge in [-0.2, -0.15) is 0 Å². The van der Waals surface area contributed by atoms with Crippen molar-refractivity contribution in [2.24, 2.45) is 0 Å². The lowest BCUT2D eigenvalue weighted by Crippen LogP contribution is -2.27. The molecule has 0 saturated heterocycles. The van der Waals surface area contributed by atoms with E-state index in [9.17, 15) is 8.42 Å². The molecule has 0 aliphatic rings. The Balaban J connectivity index is 2.63. The van der Waals surface area contributed by atoms with E-state index in [0.29, 0.717) is 13.1 Å². The van der Waals surface area contributed by atoms with E-state index in [1.165, 1.54) is 0 Å². The Kier molecular flexibility index (Phi) is 4.98. The molecular formula is C12H21N3O2S. The molecule has 0 heterocycles. The summed E-state index contributed by atoms with van der Waals surface area (Å²) in [5.74, 6) is 0. The van der Waals surface area contributed by atoms with Gasteiger partial charge in [-0.15, -0.1) is 0 Å². The summed E-state index contributed by atoms with van der Waals surface area (Å²) in [5, 5.41) is 3.20.